The second-order valence-corrected chi connectivity index (χ2v) is 10.1. The molecule has 1 aromatic heterocycles. The third kappa shape index (κ3) is 3.71. The molecular formula is C37H23N3. The minimum Gasteiger partial charge on any atom is -0.208 e. The van der Waals surface area contributed by atoms with E-state index in [1.165, 1.54) is 37.7 Å². The molecule has 1 heterocycles. The fraction of sp³-hybridized carbons (Fsp3) is 0. The summed E-state index contributed by atoms with van der Waals surface area (Å²) < 4.78 is 0. The molecule has 40 heavy (non-hydrogen) atoms. The van der Waals surface area contributed by atoms with Crippen molar-refractivity contribution >= 4 is 43.1 Å². The number of rotatable bonds is 3. The standard InChI is InChI=1S/C37H23N3/c1-3-10-26(11-4-1)35-38-36(27-12-5-2-6-13-27)40-37(39-35)29-19-20-31-28(23-29)16-15-25-18-21-32-30-14-8-7-9-24(30)17-22-33(32)34(25)31/h1-23H. The normalized spacial score (nSPS) is 11.5. The van der Waals surface area contributed by atoms with Gasteiger partial charge in [0, 0.05) is 16.7 Å². The van der Waals surface area contributed by atoms with Gasteiger partial charge in [0.2, 0.25) is 0 Å². The van der Waals surface area contributed by atoms with E-state index in [-0.39, 0.29) is 0 Å². The van der Waals surface area contributed by atoms with Crippen molar-refractivity contribution in [3.63, 3.8) is 0 Å². The molecule has 8 aromatic rings. The summed E-state index contributed by atoms with van der Waals surface area (Å²) in [6, 6.07) is 48.7. The van der Waals surface area contributed by atoms with E-state index in [1.807, 2.05) is 60.7 Å². The van der Waals surface area contributed by atoms with E-state index in [1.54, 1.807) is 0 Å². The quantitative estimate of drug-likeness (QED) is 0.223. The highest BCUT2D eigenvalue weighted by Gasteiger charge is 2.14. The first kappa shape index (κ1) is 22.6. The van der Waals surface area contributed by atoms with Crippen LogP contribution in [0.1, 0.15) is 0 Å². The number of aromatic nitrogens is 3. The third-order valence-electron chi connectivity index (χ3n) is 7.68. The van der Waals surface area contributed by atoms with Gasteiger partial charge in [-0.15, -0.1) is 0 Å². The Labute approximate surface area is 231 Å². The zero-order valence-electron chi connectivity index (χ0n) is 21.6. The molecule has 186 valence electrons. The van der Waals surface area contributed by atoms with Gasteiger partial charge in [-0.3, -0.25) is 0 Å². The predicted molar refractivity (Wildman–Crippen MR) is 166 cm³/mol. The van der Waals surface area contributed by atoms with Crippen LogP contribution in [0.5, 0.6) is 0 Å². The van der Waals surface area contributed by atoms with Crippen LogP contribution < -0.4 is 0 Å². The summed E-state index contributed by atoms with van der Waals surface area (Å²) in [5.74, 6) is 2.00. The molecule has 0 aliphatic heterocycles. The van der Waals surface area contributed by atoms with Gasteiger partial charge >= 0.3 is 0 Å². The van der Waals surface area contributed by atoms with Crippen molar-refractivity contribution in [2.45, 2.75) is 0 Å². The third-order valence-corrected chi connectivity index (χ3v) is 7.68. The van der Waals surface area contributed by atoms with Gasteiger partial charge in [0.15, 0.2) is 17.5 Å². The van der Waals surface area contributed by atoms with Gasteiger partial charge in [0.25, 0.3) is 0 Å². The molecule has 0 saturated carbocycles. The molecule has 0 amide bonds. The minimum absolute atomic E-state index is 0.665. The van der Waals surface area contributed by atoms with E-state index >= 15 is 0 Å². The minimum atomic E-state index is 0.665. The number of nitrogens with zero attached hydrogens (tertiary/aromatic N) is 3. The Bertz CT molecular complexity index is 2150. The Hall–Kier alpha value is -5.41. The van der Waals surface area contributed by atoms with Crippen molar-refractivity contribution in [2.75, 3.05) is 0 Å². The van der Waals surface area contributed by atoms with Crippen molar-refractivity contribution in [3.8, 4) is 34.2 Å². The Morgan fingerprint density at radius 1 is 0.300 bits per heavy atom. The molecule has 0 atom stereocenters. The molecule has 8 rings (SSSR count). The topological polar surface area (TPSA) is 38.7 Å². The van der Waals surface area contributed by atoms with Crippen molar-refractivity contribution in [1.82, 2.24) is 15.0 Å². The van der Waals surface area contributed by atoms with E-state index in [2.05, 4.69) is 78.9 Å². The summed E-state index contributed by atoms with van der Waals surface area (Å²) in [6.45, 7) is 0. The maximum absolute atomic E-state index is 4.93. The van der Waals surface area contributed by atoms with Crippen LogP contribution >= 0.6 is 0 Å². The first-order valence-electron chi connectivity index (χ1n) is 13.5. The second kappa shape index (κ2) is 9.11. The molecule has 0 N–H and O–H groups in total. The smallest absolute Gasteiger partial charge is 0.164 e. The first-order chi connectivity index (χ1) is 19.8. The molecule has 0 bridgehead atoms. The van der Waals surface area contributed by atoms with Gasteiger partial charge in [-0.05, 0) is 49.2 Å². The molecule has 0 aliphatic rings. The Morgan fingerprint density at radius 3 is 1.55 bits per heavy atom. The zero-order valence-corrected chi connectivity index (χ0v) is 21.6. The highest BCUT2D eigenvalue weighted by Crippen LogP contribution is 2.37. The number of hydrogen-bond acceptors (Lipinski definition) is 3. The van der Waals surface area contributed by atoms with Gasteiger partial charge in [0.1, 0.15) is 0 Å². The van der Waals surface area contributed by atoms with Crippen LogP contribution in [0, 0.1) is 0 Å². The Morgan fingerprint density at radius 2 is 0.825 bits per heavy atom. The van der Waals surface area contributed by atoms with Crippen molar-refractivity contribution < 1.29 is 0 Å². The monoisotopic (exact) mass is 509 g/mol. The highest BCUT2D eigenvalue weighted by atomic mass is 15.0. The van der Waals surface area contributed by atoms with Crippen LogP contribution in [0.3, 0.4) is 0 Å². The summed E-state index contributed by atoms with van der Waals surface area (Å²) >= 11 is 0. The second-order valence-electron chi connectivity index (χ2n) is 10.1. The number of fused-ring (bicyclic) bond motifs is 7. The van der Waals surface area contributed by atoms with Gasteiger partial charge in [0.05, 0.1) is 0 Å². The maximum Gasteiger partial charge on any atom is 0.164 e. The largest absolute Gasteiger partial charge is 0.208 e. The lowest BCUT2D eigenvalue weighted by Gasteiger charge is -2.12. The van der Waals surface area contributed by atoms with Crippen LogP contribution in [0.25, 0.3) is 77.3 Å². The van der Waals surface area contributed by atoms with Crippen molar-refractivity contribution in [1.29, 1.82) is 0 Å². The lowest BCUT2D eigenvalue weighted by atomic mass is 9.93. The Balaban J connectivity index is 1.35. The number of benzene rings is 7. The van der Waals surface area contributed by atoms with Crippen LogP contribution in [0.15, 0.2) is 140 Å². The fourth-order valence-corrected chi connectivity index (χ4v) is 5.73. The number of hydrogen-bond donors (Lipinski definition) is 0. The summed E-state index contributed by atoms with van der Waals surface area (Å²) in [7, 11) is 0. The lowest BCUT2D eigenvalue weighted by Crippen LogP contribution is -2.00. The summed E-state index contributed by atoms with van der Waals surface area (Å²) in [5, 5.41) is 9.99. The first-order valence-corrected chi connectivity index (χ1v) is 13.5. The van der Waals surface area contributed by atoms with Crippen molar-refractivity contribution in [3.05, 3.63) is 140 Å². The van der Waals surface area contributed by atoms with E-state index < -0.39 is 0 Å². The molecule has 0 spiro atoms. The van der Waals surface area contributed by atoms with Gasteiger partial charge < -0.3 is 0 Å². The molecule has 3 nitrogen and oxygen atoms in total. The van der Waals surface area contributed by atoms with E-state index in [4.69, 9.17) is 15.0 Å². The molecule has 7 aromatic carbocycles. The zero-order chi connectivity index (χ0) is 26.5. The van der Waals surface area contributed by atoms with E-state index in [9.17, 15) is 0 Å². The highest BCUT2D eigenvalue weighted by molar-refractivity contribution is 6.24. The molecule has 3 heteroatoms. The fourth-order valence-electron chi connectivity index (χ4n) is 5.73. The van der Waals surface area contributed by atoms with E-state index in [0.29, 0.717) is 17.5 Å². The maximum atomic E-state index is 4.93. The van der Waals surface area contributed by atoms with Crippen molar-refractivity contribution in [2.24, 2.45) is 0 Å². The van der Waals surface area contributed by atoms with E-state index in [0.717, 1.165) is 22.1 Å². The van der Waals surface area contributed by atoms with Crippen LogP contribution in [-0.4, -0.2) is 15.0 Å². The summed E-state index contributed by atoms with van der Waals surface area (Å²) in [4.78, 5) is 14.7. The molecule has 0 radical (unpaired) electrons. The average Bonchev–Trinajstić information content (AvgIpc) is 3.04. The van der Waals surface area contributed by atoms with Crippen LogP contribution in [0.2, 0.25) is 0 Å². The Kier molecular flexibility index (Phi) is 5.14. The van der Waals surface area contributed by atoms with Crippen LogP contribution in [0.4, 0.5) is 0 Å². The summed E-state index contributed by atoms with van der Waals surface area (Å²) in [5.41, 5.74) is 2.90. The van der Waals surface area contributed by atoms with Gasteiger partial charge in [-0.1, -0.05) is 133 Å². The lowest BCUT2D eigenvalue weighted by molar-refractivity contribution is 1.07. The molecule has 0 saturated heterocycles. The predicted octanol–water partition coefficient (Wildman–Crippen LogP) is 9.49. The average molecular weight is 510 g/mol. The molecule has 0 unspecified atom stereocenters. The summed E-state index contributed by atoms with van der Waals surface area (Å²) in [6.07, 6.45) is 0. The van der Waals surface area contributed by atoms with Gasteiger partial charge in [-0.2, -0.15) is 0 Å². The molecular weight excluding hydrogens is 486 g/mol. The van der Waals surface area contributed by atoms with Crippen LogP contribution in [-0.2, 0) is 0 Å². The molecule has 0 aliphatic carbocycles. The molecule has 0 fully saturated rings. The SMILES string of the molecule is c1ccc(-c2nc(-c3ccccc3)nc(-c3ccc4c(ccc5ccc6c7ccccc7ccc6c54)c3)n2)cc1. The van der Waals surface area contributed by atoms with Gasteiger partial charge in [-0.25, -0.2) is 15.0 Å².